The molecule has 0 aliphatic carbocycles. The van der Waals surface area contributed by atoms with Crippen LogP contribution in [0.25, 0.3) is 11.3 Å². The van der Waals surface area contributed by atoms with E-state index in [1.54, 1.807) is 37.4 Å². The summed E-state index contributed by atoms with van der Waals surface area (Å²) in [6.07, 6.45) is 0.982. The molecule has 0 radical (unpaired) electrons. The largest absolute Gasteiger partial charge is 0.478 e. The molecule has 7 heteroatoms. The fourth-order valence-corrected chi connectivity index (χ4v) is 3.66. The fraction of sp³-hybridized carbons (Fsp3) is 0.300. The number of rotatable bonds is 5. The van der Waals surface area contributed by atoms with Crippen molar-refractivity contribution >= 4 is 5.97 Å². The first-order valence-corrected chi connectivity index (χ1v) is 8.91. The van der Waals surface area contributed by atoms with E-state index in [4.69, 9.17) is 4.42 Å². The van der Waals surface area contributed by atoms with Crippen LogP contribution in [0.1, 0.15) is 34.2 Å². The van der Waals surface area contributed by atoms with Gasteiger partial charge in [0, 0.05) is 36.8 Å². The molecule has 3 heterocycles. The number of likely N-dealkylation sites (tertiary alicyclic amines) is 1. The van der Waals surface area contributed by atoms with Crippen molar-refractivity contribution in [3.8, 4) is 11.3 Å². The quantitative estimate of drug-likeness (QED) is 0.723. The molecule has 1 atom stereocenters. The molecule has 3 aromatic rings. The van der Waals surface area contributed by atoms with Gasteiger partial charge in [-0.25, -0.2) is 4.79 Å². The lowest BCUT2D eigenvalue weighted by molar-refractivity contribution is 0.0697. The van der Waals surface area contributed by atoms with Gasteiger partial charge in [-0.3, -0.25) is 19.5 Å². The molecule has 0 amide bonds. The molecule has 0 saturated carbocycles. The lowest BCUT2D eigenvalue weighted by Crippen LogP contribution is -2.19. The number of benzene rings is 1. The maximum absolute atomic E-state index is 11.6. The standard InChI is InChI=1S/C20H21N3O4/c1-22-19(24)10-17(21-22)13-8-9-23(11-13)12-14-6-7-18(27-14)15-4-2-3-5-16(15)20(25)26/h2-7,10,13,21H,8-9,11-12H2,1H3,(H,25,26)/t13-/m0/s1. The summed E-state index contributed by atoms with van der Waals surface area (Å²) in [6.45, 7) is 2.42. The Morgan fingerprint density at radius 2 is 2.11 bits per heavy atom. The van der Waals surface area contributed by atoms with Gasteiger partial charge in [0.05, 0.1) is 12.1 Å². The summed E-state index contributed by atoms with van der Waals surface area (Å²) in [5.41, 5.74) is 1.77. The molecule has 140 valence electrons. The minimum atomic E-state index is -0.970. The highest BCUT2D eigenvalue weighted by molar-refractivity contribution is 5.95. The normalized spacial score (nSPS) is 17.4. The molecule has 4 rings (SSSR count). The van der Waals surface area contributed by atoms with Crippen LogP contribution in [-0.2, 0) is 13.6 Å². The van der Waals surface area contributed by atoms with Gasteiger partial charge in [0.2, 0.25) is 0 Å². The second-order valence-corrected chi connectivity index (χ2v) is 6.95. The van der Waals surface area contributed by atoms with Gasteiger partial charge < -0.3 is 9.52 Å². The van der Waals surface area contributed by atoms with Crippen molar-refractivity contribution in [3.05, 3.63) is 69.8 Å². The highest BCUT2D eigenvalue weighted by atomic mass is 16.4. The van der Waals surface area contributed by atoms with Gasteiger partial charge in [-0.15, -0.1) is 0 Å². The monoisotopic (exact) mass is 367 g/mol. The van der Waals surface area contributed by atoms with E-state index < -0.39 is 5.97 Å². The Bertz CT molecular complexity index is 1030. The predicted octanol–water partition coefficient (Wildman–Crippen LogP) is 2.66. The lowest BCUT2D eigenvalue weighted by atomic mass is 10.1. The zero-order valence-corrected chi connectivity index (χ0v) is 15.0. The number of carboxylic acid groups (broad SMARTS) is 1. The van der Waals surface area contributed by atoms with Gasteiger partial charge in [0.1, 0.15) is 11.5 Å². The zero-order chi connectivity index (χ0) is 19.0. The lowest BCUT2D eigenvalue weighted by Gasteiger charge is -2.14. The highest BCUT2D eigenvalue weighted by Gasteiger charge is 2.26. The van der Waals surface area contributed by atoms with Crippen LogP contribution in [-0.4, -0.2) is 38.8 Å². The fourth-order valence-electron chi connectivity index (χ4n) is 3.66. The summed E-state index contributed by atoms with van der Waals surface area (Å²) < 4.78 is 7.42. The molecule has 27 heavy (non-hydrogen) atoms. The van der Waals surface area contributed by atoms with Gasteiger partial charge in [-0.1, -0.05) is 18.2 Å². The number of aromatic nitrogens is 2. The summed E-state index contributed by atoms with van der Waals surface area (Å²) in [6, 6.07) is 12.2. The minimum absolute atomic E-state index is 0.0174. The molecule has 2 aromatic heterocycles. The van der Waals surface area contributed by atoms with Crippen LogP contribution in [0, 0.1) is 0 Å². The third-order valence-corrected chi connectivity index (χ3v) is 5.08. The maximum Gasteiger partial charge on any atom is 0.336 e. The minimum Gasteiger partial charge on any atom is -0.478 e. The summed E-state index contributed by atoms with van der Waals surface area (Å²) in [4.78, 5) is 25.3. The van der Waals surface area contributed by atoms with Crippen molar-refractivity contribution < 1.29 is 14.3 Å². The Morgan fingerprint density at radius 3 is 2.85 bits per heavy atom. The van der Waals surface area contributed by atoms with E-state index >= 15 is 0 Å². The van der Waals surface area contributed by atoms with Crippen molar-refractivity contribution in [1.82, 2.24) is 14.7 Å². The molecule has 1 aliphatic heterocycles. The Morgan fingerprint density at radius 1 is 1.30 bits per heavy atom. The van der Waals surface area contributed by atoms with Gasteiger partial charge in [-0.2, -0.15) is 0 Å². The smallest absolute Gasteiger partial charge is 0.336 e. The van der Waals surface area contributed by atoms with Crippen LogP contribution >= 0.6 is 0 Å². The highest BCUT2D eigenvalue weighted by Crippen LogP contribution is 2.29. The van der Waals surface area contributed by atoms with E-state index in [1.165, 1.54) is 4.68 Å². The van der Waals surface area contributed by atoms with Crippen molar-refractivity contribution in [2.45, 2.75) is 18.9 Å². The van der Waals surface area contributed by atoms with Crippen LogP contribution in [0.15, 0.2) is 51.7 Å². The molecule has 0 unspecified atom stereocenters. The van der Waals surface area contributed by atoms with E-state index in [9.17, 15) is 14.7 Å². The first kappa shape index (κ1) is 17.4. The Labute approximate surface area is 155 Å². The van der Waals surface area contributed by atoms with E-state index in [-0.39, 0.29) is 11.1 Å². The van der Waals surface area contributed by atoms with Crippen LogP contribution in [0.2, 0.25) is 0 Å². The molecule has 1 fully saturated rings. The zero-order valence-electron chi connectivity index (χ0n) is 15.0. The number of hydrogen-bond donors (Lipinski definition) is 2. The summed E-state index contributed by atoms with van der Waals surface area (Å²) >= 11 is 0. The SMILES string of the molecule is Cn1[nH]c([C@H]2CCN(Cc3ccc(-c4ccccc4C(=O)O)o3)C2)cc1=O. The molecule has 1 aromatic carbocycles. The van der Waals surface area contributed by atoms with E-state index in [1.807, 2.05) is 12.1 Å². The van der Waals surface area contributed by atoms with Crippen molar-refractivity contribution in [2.75, 3.05) is 13.1 Å². The van der Waals surface area contributed by atoms with Crippen LogP contribution < -0.4 is 5.56 Å². The second kappa shape index (κ2) is 6.92. The molecule has 1 aliphatic rings. The van der Waals surface area contributed by atoms with Gasteiger partial charge >= 0.3 is 5.97 Å². The number of aromatic carboxylic acids is 1. The third-order valence-electron chi connectivity index (χ3n) is 5.08. The molecule has 1 saturated heterocycles. The third kappa shape index (κ3) is 3.46. The molecular weight excluding hydrogens is 346 g/mol. The number of carbonyl (C=O) groups is 1. The van der Waals surface area contributed by atoms with E-state index in [0.717, 1.165) is 31.0 Å². The van der Waals surface area contributed by atoms with E-state index in [0.29, 0.717) is 23.8 Å². The topological polar surface area (TPSA) is 91.5 Å². The number of hydrogen-bond acceptors (Lipinski definition) is 4. The number of nitrogens with zero attached hydrogens (tertiary/aromatic N) is 2. The van der Waals surface area contributed by atoms with Gasteiger partial charge in [0.25, 0.3) is 5.56 Å². The number of aryl methyl sites for hydroxylation is 1. The van der Waals surface area contributed by atoms with Crippen molar-refractivity contribution in [1.29, 1.82) is 0 Å². The summed E-state index contributed by atoms with van der Waals surface area (Å²) in [7, 11) is 1.72. The maximum atomic E-state index is 11.6. The molecule has 7 nitrogen and oxygen atoms in total. The first-order valence-electron chi connectivity index (χ1n) is 8.91. The van der Waals surface area contributed by atoms with Crippen molar-refractivity contribution in [2.24, 2.45) is 7.05 Å². The average molecular weight is 367 g/mol. The molecule has 0 spiro atoms. The number of aromatic amines is 1. The number of H-pyrrole nitrogens is 1. The van der Waals surface area contributed by atoms with E-state index in [2.05, 4.69) is 10.00 Å². The van der Waals surface area contributed by atoms with Crippen LogP contribution in [0.5, 0.6) is 0 Å². The number of furan rings is 1. The van der Waals surface area contributed by atoms with Crippen LogP contribution in [0.4, 0.5) is 0 Å². The second-order valence-electron chi connectivity index (χ2n) is 6.95. The molecular formula is C20H21N3O4. The number of carboxylic acids is 1. The van der Waals surface area contributed by atoms with Gasteiger partial charge in [0.15, 0.2) is 0 Å². The Kier molecular flexibility index (Phi) is 4.45. The predicted molar refractivity (Wildman–Crippen MR) is 99.8 cm³/mol. The summed E-state index contributed by atoms with van der Waals surface area (Å²) in [5, 5.41) is 12.5. The Hall–Kier alpha value is -3.06. The number of nitrogens with one attached hydrogen (secondary N) is 1. The molecule has 0 bridgehead atoms. The average Bonchev–Trinajstić information content (AvgIpc) is 3.37. The Balaban J connectivity index is 1.46. The first-order chi connectivity index (χ1) is 13.0. The van der Waals surface area contributed by atoms with Gasteiger partial charge in [-0.05, 0) is 31.2 Å². The van der Waals surface area contributed by atoms with Crippen molar-refractivity contribution in [3.63, 3.8) is 0 Å². The summed E-state index contributed by atoms with van der Waals surface area (Å²) in [5.74, 6) is 0.697. The van der Waals surface area contributed by atoms with Crippen LogP contribution in [0.3, 0.4) is 0 Å². The molecule has 2 N–H and O–H groups in total.